The third kappa shape index (κ3) is 3.00. The molecule has 100 valence electrons. The van der Waals surface area contributed by atoms with Crippen molar-refractivity contribution in [1.82, 2.24) is 0 Å². The molecule has 0 aromatic heterocycles. The van der Waals surface area contributed by atoms with E-state index in [-0.39, 0.29) is 4.90 Å². The second kappa shape index (κ2) is 4.97. The Morgan fingerprint density at radius 1 is 1.33 bits per heavy atom. The molecule has 18 heavy (non-hydrogen) atoms. The van der Waals surface area contributed by atoms with E-state index in [9.17, 15) is 27.3 Å². The van der Waals surface area contributed by atoms with Crippen molar-refractivity contribution >= 4 is 15.5 Å². The standard InChI is InChI=1S/C10H11F2NO4S/c1-6(11)10(12)8-4-3-7(18(2,16)17)5-9(8)13(14)15/h3-6,10H,1-2H3. The predicted octanol–water partition coefficient (Wildman–Crippen LogP) is 2.37. The maximum atomic E-state index is 13.5. The summed E-state index contributed by atoms with van der Waals surface area (Å²) >= 11 is 0. The Kier molecular flexibility index (Phi) is 4.00. The highest BCUT2D eigenvalue weighted by molar-refractivity contribution is 7.90. The van der Waals surface area contributed by atoms with Gasteiger partial charge in [-0.3, -0.25) is 10.1 Å². The molecule has 0 aliphatic carbocycles. The van der Waals surface area contributed by atoms with E-state index in [1.807, 2.05) is 0 Å². The summed E-state index contributed by atoms with van der Waals surface area (Å²) < 4.78 is 48.8. The van der Waals surface area contributed by atoms with Gasteiger partial charge in [0.25, 0.3) is 5.69 Å². The minimum Gasteiger partial charge on any atom is -0.258 e. The molecular weight excluding hydrogens is 268 g/mol. The number of hydrogen-bond acceptors (Lipinski definition) is 4. The molecule has 2 unspecified atom stereocenters. The second-order valence-electron chi connectivity index (χ2n) is 3.83. The van der Waals surface area contributed by atoms with Crippen molar-refractivity contribution in [2.75, 3.05) is 6.26 Å². The number of nitro groups is 1. The maximum absolute atomic E-state index is 13.5. The van der Waals surface area contributed by atoms with Crippen LogP contribution in [-0.4, -0.2) is 25.8 Å². The predicted molar refractivity (Wildman–Crippen MR) is 60.6 cm³/mol. The van der Waals surface area contributed by atoms with Gasteiger partial charge in [-0.25, -0.2) is 17.2 Å². The Labute approximate surface area is 103 Å². The topological polar surface area (TPSA) is 77.3 Å². The van der Waals surface area contributed by atoms with Crippen molar-refractivity contribution in [2.24, 2.45) is 0 Å². The van der Waals surface area contributed by atoms with Gasteiger partial charge < -0.3 is 0 Å². The zero-order valence-corrected chi connectivity index (χ0v) is 10.4. The van der Waals surface area contributed by atoms with Crippen LogP contribution in [0.1, 0.15) is 18.7 Å². The minimum atomic E-state index is -3.64. The summed E-state index contributed by atoms with van der Waals surface area (Å²) in [7, 11) is -3.64. The van der Waals surface area contributed by atoms with Crippen LogP contribution in [0.5, 0.6) is 0 Å². The van der Waals surface area contributed by atoms with Gasteiger partial charge in [-0.15, -0.1) is 0 Å². The quantitative estimate of drug-likeness (QED) is 0.626. The van der Waals surface area contributed by atoms with Crippen molar-refractivity contribution < 1.29 is 22.1 Å². The fourth-order valence-corrected chi connectivity index (χ4v) is 2.03. The van der Waals surface area contributed by atoms with E-state index in [2.05, 4.69) is 0 Å². The molecule has 0 aliphatic heterocycles. The molecule has 0 bridgehead atoms. The number of sulfone groups is 1. The van der Waals surface area contributed by atoms with Crippen LogP contribution in [-0.2, 0) is 9.84 Å². The zero-order valence-electron chi connectivity index (χ0n) is 9.63. The molecule has 8 heteroatoms. The van der Waals surface area contributed by atoms with Crippen LogP contribution in [0, 0.1) is 10.1 Å². The molecule has 1 aromatic carbocycles. The Balaban J connectivity index is 3.43. The van der Waals surface area contributed by atoms with Crippen molar-refractivity contribution in [1.29, 1.82) is 0 Å². The van der Waals surface area contributed by atoms with E-state index in [0.717, 1.165) is 31.4 Å². The van der Waals surface area contributed by atoms with E-state index in [4.69, 9.17) is 0 Å². The third-order valence-corrected chi connectivity index (χ3v) is 3.44. The van der Waals surface area contributed by atoms with Crippen molar-refractivity contribution in [3.63, 3.8) is 0 Å². The van der Waals surface area contributed by atoms with Gasteiger partial charge in [-0.2, -0.15) is 0 Å². The number of nitro benzene ring substituents is 1. The SMILES string of the molecule is CC(F)C(F)c1ccc(S(C)(=O)=O)cc1[N+](=O)[O-]. The molecule has 0 fully saturated rings. The fraction of sp³-hybridized carbons (Fsp3) is 0.400. The summed E-state index contributed by atoms with van der Waals surface area (Å²) in [5.74, 6) is 0. The summed E-state index contributed by atoms with van der Waals surface area (Å²) in [6.07, 6.45) is -3.22. The van der Waals surface area contributed by atoms with Crippen molar-refractivity contribution in [2.45, 2.75) is 24.2 Å². The third-order valence-electron chi connectivity index (χ3n) is 2.33. The van der Waals surface area contributed by atoms with Gasteiger partial charge in [-0.1, -0.05) is 0 Å². The number of hydrogen-bond donors (Lipinski definition) is 0. The molecule has 0 N–H and O–H groups in total. The Morgan fingerprint density at radius 2 is 1.89 bits per heavy atom. The van der Waals surface area contributed by atoms with Crippen LogP contribution in [0.2, 0.25) is 0 Å². The fourth-order valence-electron chi connectivity index (χ4n) is 1.39. The molecule has 0 saturated heterocycles. The van der Waals surface area contributed by atoms with Gasteiger partial charge in [-0.05, 0) is 19.1 Å². The van der Waals surface area contributed by atoms with Crippen LogP contribution in [0.25, 0.3) is 0 Å². The Hall–Kier alpha value is -1.57. The molecule has 1 rings (SSSR count). The van der Waals surface area contributed by atoms with Gasteiger partial charge >= 0.3 is 0 Å². The van der Waals surface area contributed by atoms with E-state index in [0.29, 0.717) is 0 Å². The lowest BCUT2D eigenvalue weighted by Crippen LogP contribution is -2.09. The molecule has 0 radical (unpaired) electrons. The lowest BCUT2D eigenvalue weighted by molar-refractivity contribution is -0.386. The first-order valence-corrected chi connectivity index (χ1v) is 6.80. The molecule has 0 aliphatic rings. The first-order chi connectivity index (χ1) is 8.14. The van der Waals surface area contributed by atoms with Gasteiger partial charge in [0.05, 0.1) is 15.4 Å². The smallest absolute Gasteiger partial charge is 0.258 e. The van der Waals surface area contributed by atoms with Gasteiger partial charge in [0.1, 0.15) is 6.17 Å². The Morgan fingerprint density at radius 3 is 2.28 bits per heavy atom. The first-order valence-electron chi connectivity index (χ1n) is 4.91. The van der Waals surface area contributed by atoms with Crippen LogP contribution in [0.3, 0.4) is 0 Å². The number of rotatable bonds is 4. The zero-order chi connectivity index (χ0) is 14.1. The highest BCUT2D eigenvalue weighted by Gasteiger charge is 2.28. The molecule has 0 saturated carbocycles. The molecule has 0 amide bonds. The monoisotopic (exact) mass is 279 g/mol. The summed E-state index contributed by atoms with van der Waals surface area (Å²) in [6, 6.07) is 2.68. The summed E-state index contributed by atoms with van der Waals surface area (Å²) in [4.78, 5) is 9.51. The summed E-state index contributed by atoms with van der Waals surface area (Å²) in [5.41, 5.74) is -1.21. The lowest BCUT2D eigenvalue weighted by Gasteiger charge is -2.10. The average Bonchev–Trinajstić information content (AvgIpc) is 2.25. The number of benzene rings is 1. The highest BCUT2D eigenvalue weighted by Crippen LogP contribution is 2.33. The molecular formula is C10H11F2NO4S. The van der Waals surface area contributed by atoms with Crippen LogP contribution in [0.15, 0.2) is 23.1 Å². The molecule has 2 atom stereocenters. The highest BCUT2D eigenvalue weighted by atomic mass is 32.2. The van der Waals surface area contributed by atoms with E-state index in [1.165, 1.54) is 0 Å². The molecule has 0 spiro atoms. The van der Waals surface area contributed by atoms with Crippen molar-refractivity contribution in [3.05, 3.63) is 33.9 Å². The molecule has 0 heterocycles. The molecule has 1 aromatic rings. The second-order valence-corrected chi connectivity index (χ2v) is 5.84. The number of alkyl halides is 2. The summed E-state index contributed by atoms with van der Waals surface area (Å²) in [6.45, 7) is 0.929. The van der Waals surface area contributed by atoms with E-state index >= 15 is 0 Å². The Bertz CT molecular complexity index is 571. The van der Waals surface area contributed by atoms with Gasteiger partial charge in [0.15, 0.2) is 16.0 Å². The van der Waals surface area contributed by atoms with E-state index < -0.39 is 38.4 Å². The largest absolute Gasteiger partial charge is 0.276 e. The maximum Gasteiger partial charge on any atom is 0.276 e. The van der Waals surface area contributed by atoms with Gasteiger partial charge in [0.2, 0.25) is 0 Å². The first kappa shape index (κ1) is 14.5. The normalized spacial score (nSPS) is 15.1. The minimum absolute atomic E-state index is 0.309. The van der Waals surface area contributed by atoms with E-state index in [1.54, 1.807) is 0 Å². The van der Waals surface area contributed by atoms with Gasteiger partial charge in [0, 0.05) is 12.3 Å². The lowest BCUT2D eigenvalue weighted by atomic mass is 10.1. The van der Waals surface area contributed by atoms with Crippen molar-refractivity contribution in [3.8, 4) is 0 Å². The molecule has 5 nitrogen and oxygen atoms in total. The number of halogens is 2. The van der Waals surface area contributed by atoms with Crippen LogP contribution in [0.4, 0.5) is 14.5 Å². The average molecular weight is 279 g/mol. The summed E-state index contributed by atoms with van der Waals surface area (Å²) in [5, 5.41) is 10.7. The van der Waals surface area contributed by atoms with Crippen LogP contribution < -0.4 is 0 Å². The van der Waals surface area contributed by atoms with Crippen LogP contribution >= 0.6 is 0 Å². The number of nitrogens with zero attached hydrogens (tertiary/aromatic N) is 1.